The number of urea groups is 1. The van der Waals surface area contributed by atoms with Crippen LogP contribution in [-0.2, 0) is 4.74 Å². The molecule has 124 valence electrons. The summed E-state index contributed by atoms with van der Waals surface area (Å²) in [5, 5.41) is 6.02. The lowest BCUT2D eigenvalue weighted by Crippen LogP contribution is -2.57. The predicted octanol–water partition coefficient (Wildman–Crippen LogP) is 2.54. The number of amides is 2. The molecule has 1 atom stereocenters. The van der Waals surface area contributed by atoms with Crippen LogP contribution >= 0.6 is 0 Å². The highest BCUT2D eigenvalue weighted by molar-refractivity contribution is 5.90. The molecule has 2 fully saturated rings. The summed E-state index contributed by atoms with van der Waals surface area (Å²) >= 11 is 0. The lowest BCUT2D eigenvalue weighted by Gasteiger charge is -2.51. The van der Waals surface area contributed by atoms with Crippen molar-refractivity contribution in [2.24, 2.45) is 5.41 Å². The van der Waals surface area contributed by atoms with Crippen LogP contribution in [0.5, 0.6) is 11.5 Å². The van der Waals surface area contributed by atoms with E-state index >= 15 is 0 Å². The largest absolute Gasteiger partial charge is 0.486 e. The highest BCUT2D eigenvalue weighted by atomic mass is 16.6. The second kappa shape index (κ2) is 5.92. The Kier molecular flexibility index (Phi) is 3.77. The molecule has 6 nitrogen and oxygen atoms in total. The van der Waals surface area contributed by atoms with Crippen LogP contribution in [0.4, 0.5) is 10.5 Å². The molecule has 2 aliphatic heterocycles. The Morgan fingerprint density at radius 2 is 1.83 bits per heavy atom. The van der Waals surface area contributed by atoms with Gasteiger partial charge in [-0.2, -0.15) is 0 Å². The third kappa shape index (κ3) is 2.83. The first-order valence-electron chi connectivity index (χ1n) is 8.30. The Labute approximate surface area is 135 Å². The normalized spacial score (nSPS) is 24.6. The van der Waals surface area contributed by atoms with Crippen molar-refractivity contribution in [2.45, 2.75) is 31.7 Å². The number of hydrogen-bond donors (Lipinski definition) is 2. The molecule has 1 unspecified atom stereocenters. The summed E-state index contributed by atoms with van der Waals surface area (Å²) in [7, 11) is 0. The molecule has 2 N–H and O–H groups in total. The summed E-state index contributed by atoms with van der Waals surface area (Å²) in [6, 6.07) is 5.56. The smallest absolute Gasteiger partial charge is 0.319 e. The zero-order valence-corrected chi connectivity index (χ0v) is 13.1. The average Bonchev–Trinajstić information content (AvgIpc) is 2.59. The number of carbonyl (C=O) groups is 1. The Morgan fingerprint density at radius 1 is 1.04 bits per heavy atom. The summed E-state index contributed by atoms with van der Waals surface area (Å²) in [4.78, 5) is 12.3. The van der Waals surface area contributed by atoms with Crippen molar-refractivity contribution in [2.75, 3.05) is 31.7 Å². The first-order valence-corrected chi connectivity index (χ1v) is 8.30. The van der Waals surface area contributed by atoms with Gasteiger partial charge in [-0.25, -0.2) is 4.79 Å². The molecule has 0 bridgehead atoms. The van der Waals surface area contributed by atoms with Crippen molar-refractivity contribution >= 4 is 11.7 Å². The zero-order chi connectivity index (χ0) is 15.7. The average molecular weight is 318 g/mol. The van der Waals surface area contributed by atoms with Crippen molar-refractivity contribution in [3.8, 4) is 11.5 Å². The van der Waals surface area contributed by atoms with Crippen molar-refractivity contribution in [1.29, 1.82) is 0 Å². The number of carbonyl (C=O) groups excluding carboxylic acids is 1. The van der Waals surface area contributed by atoms with E-state index in [2.05, 4.69) is 10.6 Å². The highest BCUT2D eigenvalue weighted by Crippen LogP contribution is 2.48. The maximum Gasteiger partial charge on any atom is 0.319 e. The molecule has 1 saturated heterocycles. The van der Waals surface area contributed by atoms with Gasteiger partial charge in [-0.3, -0.25) is 0 Å². The number of benzene rings is 1. The highest BCUT2D eigenvalue weighted by Gasteiger charge is 2.47. The molecule has 2 amide bonds. The minimum Gasteiger partial charge on any atom is -0.486 e. The minimum absolute atomic E-state index is 0.155. The summed E-state index contributed by atoms with van der Waals surface area (Å²) in [6.07, 6.45) is 4.32. The maximum absolute atomic E-state index is 12.3. The second-order valence-electron chi connectivity index (χ2n) is 6.52. The van der Waals surface area contributed by atoms with Gasteiger partial charge in [-0.05, 0) is 43.2 Å². The standard InChI is InChI=1S/C17H22N2O4/c20-16(19-15-3-4-17(15)5-7-21-8-6-17)18-12-1-2-13-14(11-12)23-10-9-22-13/h1-2,11,15H,3-10H2,(H2,18,19,20). The van der Waals surface area contributed by atoms with Crippen molar-refractivity contribution < 1.29 is 19.0 Å². The number of fused-ring (bicyclic) bond motifs is 1. The fraction of sp³-hybridized carbons (Fsp3) is 0.588. The number of ether oxygens (including phenoxy) is 3. The maximum atomic E-state index is 12.3. The van der Waals surface area contributed by atoms with E-state index in [1.807, 2.05) is 12.1 Å². The van der Waals surface area contributed by atoms with Gasteiger partial charge in [-0.1, -0.05) is 0 Å². The lowest BCUT2D eigenvalue weighted by atomic mass is 9.60. The molecular formula is C17H22N2O4. The Hall–Kier alpha value is -1.95. The first kappa shape index (κ1) is 14.6. The molecule has 1 spiro atoms. The van der Waals surface area contributed by atoms with Crippen LogP contribution in [0.15, 0.2) is 18.2 Å². The van der Waals surface area contributed by atoms with E-state index < -0.39 is 0 Å². The number of nitrogens with one attached hydrogen (secondary N) is 2. The number of hydrogen-bond acceptors (Lipinski definition) is 4. The van der Waals surface area contributed by atoms with E-state index in [1.165, 1.54) is 6.42 Å². The molecule has 3 aliphatic rings. The molecule has 1 aliphatic carbocycles. The molecular weight excluding hydrogens is 296 g/mol. The predicted molar refractivity (Wildman–Crippen MR) is 85.1 cm³/mol. The molecule has 2 heterocycles. The van der Waals surface area contributed by atoms with E-state index in [0.717, 1.165) is 38.2 Å². The second-order valence-corrected chi connectivity index (χ2v) is 6.52. The van der Waals surface area contributed by atoms with E-state index in [9.17, 15) is 4.79 Å². The van der Waals surface area contributed by atoms with Gasteiger partial charge in [-0.15, -0.1) is 0 Å². The van der Waals surface area contributed by atoms with E-state index in [-0.39, 0.29) is 17.5 Å². The third-order valence-electron chi connectivity index (χ3n) is 5.26. The molecule has 1 saturated carbocycles. The van der Waals surface area contributed by atoms with Crippen LogP contribution in [-0.4, -0.2) is 38.5 Å². The van der Waals surface area contributed by atoms with Gasteiger partial charge < -0.3 is 24.8 Å². The molecule has 0 radical (unpaired) electrons. The molecule has 1 aromatic rings. The topological polar surface area (TPSA) is 68.8 Å². The van der Waals surface area contributed by atoms with Gasteiger partial charge in [0.05, 0.1) is 0 Å². The van der Waals surface area contributed by atoms with Crippen LogP contribution in [0.25, 0.3) is 0 Å². The van der Waals surface area contributed by atoms with Gasteiger partial charge in [0, 0.05) is 31.0 Å². The van der Waals surface area contributed by atoms with Crippen molar-refractivity contribution in [3.63, 3.8) is 0 Å². The Bertz CT molecular complexity index is 598. The fourth-order valence-electron chi connectivity index (χ4n) is 3.75. The van der Waals surface area contributed by atoms with Crippen molar-refractivity contribution in [1.82, 2.24) is 5.32 Å². The summed E-state index contributed by atoms with van der Waals surface area (Å²) in [5.74, 6) is 1.40. The fourth-order valence-corrected chi connectivity index (χ4v) is 3.75. The third-order valence-corrected chi connectivity index (χ3v) is 5.26. The van der Waals surface area contributed by atoms with Gasteiger partial charge in [0.1, 0.15) is 13.2 Å². The van der Waals surface area contributed by atoms with Crippen LogP contribution in [0.1, 0.15) is 25.7 Å². The SMILES string of the molecule is O=C(Nc1ccc2c(c1)OCCO2)NC1CCC12CCOCC2. The molecule has 1 aromatic carbocycles. The van der Waals surface area contributed by atoms with Crippen LogP contribution in [0, 0.1) is 5.41 Å². The Balaban J connectivity index is 1.37. The van der Waals surface area contributed by atoms with Gasteiger partial charge in [0.15, 0.2) is 11.5 Å². The summed E-state index contributed by atoms with van der Waals surface area (Å²) in [5.41, 5.74) is 0.967. The van der Waals surface area contributed by atoms with E-state index in [1.54, 1.807) is 6.07 Å². The first-order chi connectivity index (χ1) is 11.3. The van der Waals surface area contributed by atoms with Gasteiger partial charge >= 0.3 is 6.03 Å². The molecule has 23 heavy (non-hydrogen) atoms. The van der Waals surface area contributed by atoms with Gasteiger partial charge in [0.2, 0.25) is 0 Å². The molecule has 6 heteroatoms. The van der Waals surface area contributed by atoms with E-state index in [4.69, 9.17) is 14.2 Å². The Morgan fingerprint density at radius 3 is 2.57 bits per heavy atom. The minimum atomic E-state index is -0.155. The molecule has 0 aromatic heterocycles. The van der Waals surface area contributed by atoms with Crippen LogP contribution < -0.4 is 20.1 Å². The zero-order valence-electron chi connectivity index (χ0n) is 13.1. The van der Waals surface area contributed by atoms with Crippen molar-refractivity contribution in [3.05, 3.63) is 18.2 Å². The van der Waals surface area contributed by atoms with Crippen LogP contribution in [0.2, 0.25) is 0 Å². The van der Waals surface area contributed by atoms with Gasteiger partial charge in [0.25, 0.3) is 0 Å². The lowest BCUT2D eigenvalue weighted by molar-refractivity contribution is -0.0507. The quantitative estimate of drug-likeness (QED) is 0.879. The number of anilines is 1. The summed E-state index contributed by atoms with van der Waals surface area (Å²) < 4.78 is 16.5. The molecule has 4 rings (SSSR count). The van der Waals surface area contributed by atoms with Crippen LogP contribution in [0.3, 0.4) is 0 Å². The monoisotopic (exact) mass is 318 g/mol. The van der Waals surface area contributed by atoms with E-state index in [0.29, 0.717) is 24.7 Å². The summed E-state index contributed by atoms with van der Waals surface area (Å²) in [6.45, 7) is 2.72. The number of rotatable bonds is 2.